The summed E-state index contributed by atoms with van der Waals surface area (Å²) in [7, 11) is 0. The number of nitrogens with zero attached hydrogens (tertiary/aromatic N) is 1. The smallest absolute Gasteiger partial charge is 0.325 e. The predicted octanol–water partition coefficient (Wildman–Crippen LogP) is -0.364. The molecule has 1 spiro atoms. The first kappa shape index (κ1) is 13.3. The molecule has 0 aromatic rings. The highest BCUT2D eigenvalue weighted by Gasteiger charge is 2.53. The summed E-state index contributed by atoms with van der Waals surface area (Å²) >= 11 is 0. The van der Waals surface area contributed by atoms with Gasteiger partial charge in [0, 0.05) is 0 Å². The number of imide groups is 1. The van der Waals surface area contributed by atoms with Crippen LogP contribution in [0.25, 0.3) is 0 Å². The lowest BCUT2D eigenvalue weighted by Crippen LogP contribution is -2.50. The fourth-order valence-electron chi connectivity index (χ4n) is 2.65. The van der Waals surface area contributed by atoms with Gasteiger partial charge in [-0.05, 0) is 25.7 Å². The Morgan fingerprint density at radius 1 is 1.26 bits per heavy atom. The maximum Gasteiger partial charge on any atom is 0.325 e. The van der Waals surface area contributed by atoms with E-state index in [-0.39, 0.29) is 12.8 Å². The lowest BCUT2D eigenvalue weighted by molar-refractivity contribution is -0.146. The van der Waals surface area contributed by atoms with Gasteiger partial charge in [-0.15, -0.1) is 0 Å². The molecule has 2 rings (SSSR count). The highest BCUT2D eigenvalue weighted by atomic mass is 16.4. The Morgan fingerprint density at radius 3 is 2.32 bits per heavy atom. The summed E-state index contributed by atoms with van der Waals surface area (Å²) in [5, 5.41) is 20.1. The van der Waals surface area contributed by atoms with Crippen LogP contribution in [0, 0.1) is 5.92 Å². The molecule has 2 aliphatic rings. The number of hydrogen-bond acceptors (Lipinski definition) is 4. The molecule has 1 aliphatic heterocycles. The second-order valence-electron chi connectivity index (χ2n) is 4.91. The fourth-order valence-corrected chi connectivity index (χ4v) is 2.65. The van der Waals surface area contributed by atoms with E-state index in [9.17, 15) is 19.2 Å². The monoisotopic (exact) mass is 270 g/mol. The van der Waals surface area contributed by atoms with Crippen LogP contribution in [0.5, 0.6) is 0 Å². The zero-order valence-corrected chi connectivity index (χ0v) is 10.1. The quantitative estimate of drug-likeness (QED) is 0.601. The molecule has 0 aromatic heterocycles. The largest absolute Gasteiger partial charge is 0.481 e. The molecule has 1 heterocycles. The van der Waals surface area contributed by atoms with Crippen molar-refractivity contribution >= 4 is 23.9 Å². The Bertz CT molecular complexity index is 452. The second kappa shape index (κ2) is 4.52. The van der Waals surface area contributed by atoms with E-state index in [2.05, 4.69) is 5.32 Å². The third-order valence-electron chi connectivity index (χ3n) is 3.73. The van der Waals surface area contributed by atoms with Crippen molar-refractivity contribution in [2.75, 3.05) is 6.54 Å². The minimum Gasteiger partial charge on any atom is -0.481 e. The van der Waals surface area contributed by atoms with Crippen molar-refractivity contribution in [1.82, 2.24) is 10.2 Å². The van der Waals surface area contributed by atoms with Crippen LogP contribution in [0.2, 0.25) is 0 Å². The summed E-state index contributed by atoms with van der Waals surface area (Å²) in [6.45, 7) is -0.672. The average molecular weight is 270 g/mol. The van der Waals surface area contributed by atoms with Crippen LogP contribution in [-0.4, -0.2) is 51.1 Å². The SMILES string of the molecule is O=C(O)CN1C(=O)NC2(CCC(C(=O)O)CC2)C1=O. The van der Waals surface area contributed by atoms with Crippen molar-refractivity contribution in [3.63, 3.8) is 0 Å². The Kier molecular flexibility index (Phi) is 3.17. The first-order valence-electron chi connectivity index (χ1n) is 5.94. The molecule has 0 radical (unpaired) electrons. The van der Waals surface area contributed by atoms with Gasteiger partial charge in [0.05, 0.1) is 5.92 Å². The summed E-state index contributed by atoms with van der Waals surface area (Å²) in [4.78, 5) is 45.9. The molecule has 0 bridgehead atoms. The number of urea groups is 1. The molecule has 1 saturated heterocycles. The van der Waals surface area contributed by atoms with Crippen LogP contribution >= 0.6 is 0 Å². The number of aliphatic carboxylic acids is 2. The van der Waals surface area contributed by atoms with Crippen LogP contribution in [0.3, 0.4) is 0 Å². The Labute approximate surface area is 108 Å². The number of carboxylic acid groups (broad SMARTS) is 2. The van der Waals surface area contributed by atoms with Gasteiger partial charge in [0.25, 0.3) is 5.91 Å². The van der Waals surface area contributed by atoms with E-state index in [1.165, 1.54) is 0 Å². The van der Waals surface area contributed by atoms with E-state index in [4.69, 9.17) is 10.2 Å². The number of rotatable bonds is 3. The fraction of sp³-hybridized carbons (Fsp3) is 0.636. The number of hydrogen-bond donors (Lipinski definition) is 3. The maximum atomic E-state index is 12.1. The van der Waals surface area contributed by atoms with Crippen molar-refractivity contribution in [1.29, 1.82) is 0 Å². The molecule has 104 valence electrons. The molecular weight excluding hydrogens is 256 g/mol. The average Bonchev–Trinajstić information content (AvgIpc) is 2.54. The van der Waals surface area contributed by atoms with Crippen LogP contribution < -0.4 is 5.32 Å². The van der Waals surface area contributed by atoms with E-state index in [1.807, 2.05) is 0 Å². The van der Waals surface area contributed by atoms with Gasteiger partial charge in [-0.25, -0.2) is 4.79 Å². The zero-order chi connectivity index (χ0) is 14.2. The third-order valence-corrected chi connectivity index (χ3v) is 3.73. The van der Waals surface area contributed by atoms with Gasteiger partial charge >= 0.3 is 18.0 Å². The maximum absolute atomic E-state index is 12.1. The highest BCUT2D eigenvalue weighted by molar-refractivity contribution is 6.08. The second-order valence-corrected chi connectivity index (χ2v) is 4.91. The van der Waals surface area contributed by atoms with Gasteiger partial charge in [0.1, 0.15) is 12.1 Å². The Morgan fingerprint density at radius 2 is 1.84 bits per heavy atom. The summed E-state index contributed by atoms with van der Waals surface area (Å²) in [5.74, 6) is -3.25. The van der Waals surface area contributed by atoms with Crippen molar-refractivity contribution in [3.8, 4) is 0 Å². The van der Waals surface area contributed by atoms with Gasteiger partial charge in [-0.2, -0.15) is 0 Å². The van der Waals surface area contributed by atoms with E-state index in [0.717, 1.165) is 0 Å². The summed E-state index contributed by atoms with van der Waals surface area (Å²) in [6.07, 6.45) is 1.04. The lowest BCUT2D eigenvalue weighted by atomic mass is 9.76. The molecule has 1 aliphatic carbocycles. The normalized spacial score (nSPS) is 30.5. The molecule has 3 amide bonds. The minimum atomic E-state index is -1.26. The van der Waals surface area contributed by atoms with E-state index < -0.39 is 41.9 Å². The van der Waals surface area contributed by atoms with Gasteiger partial charge in [0.2, 0.25) is 0 Å². The van der Waals surface area contributed by atoms with Gasteiger partial charge in [-0.3, -0.25) is 19.3 Å². The number of carboxylic acids is 2. The molecular formula is C11H14N2O6. The summed E-state index contributed by atoms with van der Waals surface area (Å²) in [6, 6.07) is -0.721. The van der Waals surface area contributed by atoms with Crippen molar-refractivity contribution in [3.05, 3.63) is 0 Å². The summed E-state index contributed by atoms with van der Waals surface area (Å²) < 4.78 is 0. The molecule has 8 nitrogen and oxygen atoms in total. The molecule has 8 heteroatoms. The summed E-state index contributed by atoms with van der Waals surface area (Å²) in [5.41, 5.74) is -1.11. The van der Waals surface area contributed by atoms with E-state index >= 15 is 0 Å². The van der Waals surface area contributed by atoms with Crippen molar-refractivity contribution in [2.45, 2.75) is 31.2 Å². The lowest BCUT2D eigenvalue weighted by Gasteiger charge is -2.33. The van der Waals surface area contributed by atoms with Gasteiger partial charge in [0.15, 0.2) is 0 Å². The van der Waals surface area contributed by atoms with Gasteiger partial charge in [-0.1, -0.05) is 0 Å². The van der Waals surface area contributed by atoms with Crippen LogP contribution in [-0.2, 0) is 14.4 Å². The third kappa shape index (κ3) is 2.25. The molecule has 1 saturated carbocycles. The molecule has 3 N–H and O–H groups in total. The molecule has 2 fully saturated rings. The van der Waals surface area contributed by atoms with E-state index in [0.29, 0.717) is 17.7 Å². The molecule has 0 aromatic carbocycles. The first-order chi connectivity index (χ1) is 8.85. The van der Waals surface area contributed by atoms with Crippen LogP contribution in [0.1, 0.15) is 25.7 Å². The van der Waals surface area contributed by atoms with Crippen LogP contribution in [0.4, 0.5) is 4.79 Å². The topological polar surface area (TPSA) is 124 Å². The molecule has 19 heavy (non-hydrogen) atoms. The van der Waals surface area contributed by atoms with Crippen LogP contribution in [0.15, 0.2) is 0 Å². The number of amides is 3. The Hall–Kier alpha value is -2.12. The zero-order valence-electron chi connectivity index (χ0n) is 10.1. The number of nitrogens with one attached hydrogen (secondary N) is 1. The number of carbonyl (C=O) groups excluding carboxylic acids is 2. The van der Waals surface area contributed by atoms with Crippen molar-refractivity contribution in [2.24, 2.45) is 5.92 Å². The Balaban J connectivity index is 2.11. The molecule has 0 unspecified atom stereocenters. The standard InChI is InChI=1S/C11H14N2O6/c14-7(15)5-13-9(18)11(12-10(13)19)3-1-6(2-4-11)8(16)17/h6H,1-5H2,(H,12,19)(H,14,15)(H,16,17). The van der Waals surface area contributed by atoms with Crippen molar-refractivity contribution < 1.29 is 29.4 Å². The molecule has 0 atom stereocenters. The highest BCUT2D eigenvalue weighted by Crippen LogP contribution is 2.36. The predicted molar refractivity (Wildman–Crippen MR) is 60.2 cm³/mol. The number of carbonyl (C=O) groups is 4. The van der Waals surface area contributed by atoms with Gasteiger partial charge < -0.3 is 15.5 Å². The first-order valence-corrected chi connectivity index (χ1v) is 5.94. The van der Waals surface area contributed by atoms with E-state index in [1.54, 1.807) is 0 Å². The minimum absolute atomic E-state index is 0.227.